The van der Waals surface area contributed by atoms with Crippen LogP contribution in [0.2, 0.25) is 0 Å². The molecule has 0 fully saturated rings. The summed E-state index contributed by atoms with van der Waals surface area (Å²) >= 11 is 1.72. The van der Waals surface area contributed by atoms with Gasteiger partial charge in [0.25, 0.3) is 0 Å². The van der Waals surface area contributed by atoms with Crippen LogP contribution in [0.25, 0.3) is 20.8 Å². The summed E-state index contributed by atoms with van der Waals surface area (Å²) in [7, 11) is 0. The topological polar surface area (TPSA) is 37.8 Å². The van der Waals surface area contributed by atoms with E-state index >= 15 is 0 Å². The van der Waals surface area contributed by atoms with Crippen LogP contribution in [-0.2, 0) is 6.42 Å². The monoisotopic (exact) mass is 253 g/mol. The van der Waals surface area contributed by atoms with Crippen LogP contribution in [0.4, 0.5) is 5.69 Å². The van der Waals surface area contributed by atoms with Gasteiger partial charge in [0.15, 0.2) is 0 Å². The summed E-state index contributed by atoms with van der Waals surface area (Å²) in [5.41, 5.74) is 4.82. The van der Waals surface area contributed by atoms with E-state index in [9.17, 15) is 0 Å². The van der Waals surface area contributed by atoms with Gasteiger partial charge in [-0.15, -0.1) is 11.3 Å². The molecule has 0 aliphatic carbocycles. The molecule has 0 saturated heterocycles. The van der Waals surface area contributed by atoms with Crippen molar-refractivity contribution in [3.8, 4) is 10.6 Å². The number of nitrogens with one attached hydrogen (secondary N) is 1. The van der Waals surface area contributed by atoms with Gasteiger partial charge in [-0.25, -0.2) is 4.98 Å². The molecule has 4 heteroatoms. The molecule has 0 atom stereocenters. The molecule has 4 rings (SSSR count). The Morgan fingerprint density at radius 3 is 3.17 bits per heavy atom. The van der Waals surface area contributed by atoms with Gasteiger partial charge in [0, 0.05) is 24.0 Å². The first kappa shape index (κ1) is 10.0. The first-order valence-electron chi connectivity index (χ1n) is 5.98. The molecule has 1 aliphatic heterocycles. The first-order valence-corrected chi connectivity index (χ1v) is 6.79. The predicted octanol–water partition coefficient (Wildman–Crippen LogP) is 3.33. The quantitative estimate of drug-likeness (QED) is 0.723. The normalized spacial score (nSPS) is 13.6. The second kappa shape index (κ2) is 3.78. The summed E-state index contributed by atoms with van der Waals surface area (Å²) in [4.78, 5) is 8.75. The van der Waals surface area contributed by atoms with Crippen molar-refractivity contribution in [1.29, 1.82) is 0 Å². The van der Waals surface area contributed by atoms with Crippen molar-refractivity contribution in [3.05, 3.63) is 42.2 Å². The lowest BCUT2D eigenvalue weighted by atomic mass is 10.1. The van der Waals surface area contributed by atoms with Crippen LogP contribution in [0, 0.1) is 0 Å². The fourth-order valence-electron chi connectivity index (χ4n) is 2.33. The van der Waals surface area contributed by atoms with Gasteiger partial charge in [-0.05, 0) is 24.1 Å². The summed E-state index contributed by atoms with van der Waals surface area (Å²) in [6, 6.07) is 8.58. The molecule has 0 saturated carbocycles. The van der Waals surface area contributed by atoms with Crippen molar-refractivity contribution < 1.29 is 0 Å². The van der Waals surface area contributed by atoms with Crippen molar-refractivity contribution in [2.75, 3.05) is 11.9 Å². The Bertz CT molecular complexity index is 700. The molecule has 0 amide bonds. The van der Waals surface area contributed by atoms with Gasteiger partial charge < -0.3 is 5.32 Å². The van der Waals surface area contributed by atoms with E-state index < -0.39 is 0 Å². The molecule has 1 N–H and O–H groups in total. The van der Waals surface area contributed by atoms with Gasteiger partial charge in [-0.3, -0.25) is 4.98 Å². The molecule has 3 aromatic rings. The largest absolute Gasteiger partial charge is 0.384 e. The molecule has 1 aromatic carbocycles. The zero-order valence-corrected chi connectivity index (χ0v) is 10.5. The molecule has 2 aromatic heterocycles. The highest BCUT2D eigenvalue weighted by atomic mass is 32.1. The van der Waals surface area contributed by atoms with E-state index in [0.29, 0.717) is 0 Å². The van der Waals surface area contributed by atoms with Gasteiger partial charge >= 0.3 is 0 Å². The Kier molecular flexibility index (Phi) is 2.11. The number of nitrogens with zero attached hydrogens (tertiary/aromatic N) is 2. The van der Waals surface area contributed by atoms with Crippen LogP contribution < -0.4 is 5.32 Å². The second-order valence-electron chi connectivity index (χ2n) is 4.41. The first-order chi connectivity index (χ1) is 8.90. The molecule has 18 heavy (non-hydrogen) atoms. The molecule has 0 bridgehead atoms. The third-order valence-corrected chi connectivity index (χ3v) is 4.34. The minimum atomic E-state index is 0.978. The second-order valence-corrected chi connectivity index (χ2v) is 5.44. The van der Waals surface area contributed by atoms with Crippen LogP contribution in [0.3, 0.4) is 0 Å². The highest BCUT2D eigenvalue weighted by Gasteiger charge is 2.12. The predicted molar refractivity (Wildman–Crippen MR) is 75.0 cm³/mol. The van der Waals surface area contributed by atoms with Crippen molar-refractivity contribution in [1.82, 2.24) is 9.97 Å². The molecular weight excluding hydrogens is 242 g/mol. The average Bonchev–Trinajstić information content (AvgIpc) is 3.04. The van der Waals surface area contributed by atoms with Gasteiger partial charge in [0.2, 0.25) is 0 Å². The van der Waals surface area contributed by atoms with E-state index in [1.807, 2.05) is 18.5 Å². The number of aromatic nitrogens is 2. The maximum absolute atomic E-state index is 4.64. The van der Waals surface area contributed by atoms with E-state index in [2.05, 4.69) is 33.5 Å². The van der Waals surface area contributed by atoms with Gasteiger partial charge in [-0.2, -0.15) is 0 Å². The third kappa shape index (κ3) is 1.49. The SMILES string of the molecule is c1cc2sc(-c3ccc4c(c3)NCC4)nc2cn1. The number of benzene rings is 1. The minimum Gasteiger partial charge on any atom is -0.384 e. The van der Waals surface area contributed by atoms with Crippen molar-refractivity contribution >= 4 is 27.2 Å². The van der Waals surface area contributed by atoms with Crippen molar-refractivity contribution in [2.45, 2.75) is 6.42 Å². The fourth-order valence-corrected chi connectivity index (χ4v) is 3.26. The molecular formula is C14H11N3S. The number of anilines is 1. The zero-order valence-electron chi connectivity index (χ0n) is 9.68. The maximum atomic E-state index is 4.64. The zero-order chi connectivity index (χ0) is 11.9. The Hall–Kier alpha value is -1.94. The third-order valence-electron chi connectivity index (χ3n) is 3.26. The number of hydrogen-bond donors (Lipinski definition) is 1. The Labute approximate surface area is 109 Å². The van der Waals surface area contributed by atoms with E-state index in [1.165, 1.54) is 21.5 Å². The number of hydrogen-bond acceptors (Lipinski definition) is 4. The Morgan fingerprint density at radius 1 is 1.22 bits per heavy atom. The number of pyridine rings is 1. The van der Waals surface area contributed by atoms with Crippen molar-refractivity contribution in [3.63, 3.8) is 0 Å². The highest BCUT2D eigenvalue weighted by molar-refractivity contribution is 7.21. The lowest BCUT2D eigenvalue weighted by Crippen LogP contribution is -1.90. The summed E-state index contributed by atoms with van der Waals surface area (Å²) in [5, 5.41) is 4.47. The minimum absolute atomic E-state index is 0.978. The van der Waals surface area contributed by atoms with Crippen LogP contribution >= 0.6 is 11.3 Å². The lowest BCUT2D eigenvalue weighted by Gasteiger charge is -2.01. The maximum Gasteiger partial charge on any atom is 0.124 e. The smallest absolute Gasteiger partial charge is 0.124 e. The Morgan fingerprint density at radius 2 is 2.22 bits per heavy atom. The molecule has 1 aliphatic rings. The van der Waals surface area contributed by atoms with E-state index in [4.69, 9.17) is 0 Å². The van der Waals surface area contributed by atoms with E-state index in [-0.39, 0.29) is 0 Å². The van der Waals surface area contributed by atoms with Crippen LogP contribution in [-0.4, -0.2) is 16.5 Å². The summed E-state index contributed by atoms with van der Waals surface area (Å²) < 4.78 is 1.19. The molecule has 3 nitrogen and oxygen atoms in total. The van der Waals surface area contributed by atoms with Crippen LogP contribution in [0.15, 0.2) is 36.7 Å². The lowest BCUT2D eigenvalue weighted by molar-refractivity contribution is 1.11. The number of thiazole rings is 1. The number of fused-ring (bicyclic) bond motifs is 2. The molecule has 0 radical (unpaired) electrons. The Balaban J connectivity index is 1.86. The standard InChI is InChI=1S/C14H11N3S/c1-2-10(7-11-9(1)3-6-16-11)14-17-12-8-15-5-4-13(12)18-14/h1-2,4-5,7-8,16H,3,6H2. The van der Waals surface area contributed by atoms with Gasteiger partial charge in [0.05, 0.1) is 10.9 Å². The van der Waals surface area contributed by atoms with Crippen molar-refractivity contribution in [2.24, 2.45) is 0 Å². The van der Waals surface area contributed by atoms with Gasteiger partial charge in [-0.1, -0.05) is 12.1 Å². The van der Waals surface area contributed by atoms with Gasteiger partial charge in [0.1, 0.15) is 10.5 Å². The van der Waals surface area contributed by atoms with E-state index in [0.717, 1.165) is 23.5 Å². The van der Waals surface area contributed by atoms with Crippen LogP contribution in [0.1, 0.15) is 5.56 Å². The van der Waals surface area contributed by atoms with Crippen LogP contribution in [0.5, 0.6) is 0 Å². The highest BCUT2D eigenvalue weighted by Crippen LogP contribution is 2.33. The summed E-state index contributed by atoms with van der Waals surface area (Å²) in [5.74, 6) is 0. The fraction of sp³-hybridized carbons (Fsp3) is 0.143. The average molecular weight is 253 g/mol. The molecule has 3 heterocycles. The number of rotatable bonds is 1. The molecule has 0 unspecified atom stereocenters. The summed E-state index contributed by atoms with van der Waals surface area (Å²) in [6.07, 6.45) is 4.76. The summed E-state index contributed by atoms with van der Waals surface area (Å²) in [6.45, 7) is 1.04. The van der Waals surface area contributed by atoms with E-state index in [1.54, 1.807) is 11.3 Å². The molecule has 0 spiro atoms. The molecule has 88 valence electrons.